The van der Waals surface area contributed by atoms with E-state index in [9.17, 15) is 0 Å². The number of rotatable bonds is 0. The molecule has 0 bridgehead atoms. The summed E-state index contributed by atoms with van der Waals surface area (Å²) in [6.45, 7) is 6.50. The van der Waals surface area contributed by atoms with E-state index in [0.717, 1.165) is 0 Å². The molecule has 0 fully saturated rings. The second kappa shape index (κ2) is 3.42. The second-order valence-corrected chi connectivity index (χ2v) is 3.94. The van der Waals surface area contributed by atoms with Gasteiger partial charge in [0.05, 0.1) is 0 Å². The molecule has 1 heterocycles. The highest BCUT2D eigenvalue weighted by atomic mass is 14.9. The molecule has 13 heavy (non-hydrogen) atoms. The Kier molecular flexibility index (Phi) is 2.49. The standard InChI is InChI=1S/C12H13N/c1-5-6-8-13-9-7-11(10-13)12(2,3)4/h1,7,9-10H,2-4H3. The molecule has 0 saturated carbocycles. The smallest absolute Gasteiger partial charge is 0.0305 e. The zero-order valence-corrected chi connectivity index (χ0v) is 8.26. The van der Waals surface area contributed by atoms with Crippen molar-refractivity contribution in [1.82, 2.24) is 4.57 Å². The maximum absolute atomic E-state index is 5.03. The normalized spacial score (nSPS) is 10.0. The molecule has 1 rings (SSSR count). The first-order valence-corrected chi connectivity index (χ1v) is 4.19. The number of hydrogen-bond donors (Lipinski definition) is 0. The Balaban J connectivity index is 2.95. The van der Waals surface area contributed by atoms with Crippen LogP contribution in [-0.2, 0) is 5.41 Å². The van der Waals surface area contributed by atoms with Gasteiger partial charge in [0.2, 0.25) is 0 Å². The fourth-order valence-electron chi connectivity index (χ4n) is 1.01. The first-order valence-electron chi connectivity index (χ1n) is 4.19. The molecule has 0 N–H and O–H groups in total. The second-order valence-electron chi connectivity index (χ2n) is 3.94. The molecule has 1 aromatic rings. The molecule has 0 radical (unpaired) electrons. The Hall–Kier alpha value is -1.60. The molecule has 0 aliphatic rings. The predicted octanol–water partition coefficient (Wildman–Crippen LogP) is 2.23. The summed E-state index contributed by atoms with van der Waals surface area (Å²) in [6.07, 6.45) is 8.96. The summed E-state index contributed by atoms with van der Waals surface area (Å²) in [7, 11) is 0. The lowest BCUT2D eigenvalue weighted by Crippen LogP contribution is -2.09. The van der Waals surface area contributed by atoms with Crippen LogP contribution in [0.2, 0.25) is 0 Å². The Labute approximate surface area is 79.8 Å². The van der Waals surface area contributed by atoms with Crippen LogP contribution in [0.3, 0.4) is 0 Å². The lowest BCUT2D eigenvalue weighted by atomic mass is 9.89. The fraction of sp³-hybridized carbons (Fsp3) is 0.333. The Bertz CT molecular complexity index is 385. The van der Waals surface area contributed by atoms with Crippen LogP contribution in [0, 0.1) is 24.3 Å². The van der Waals surface area contributed by atoms with Crippen LogP contribution < -0.4 is 0 Å². The topological polar surface area (TPSA) is 4.93 Å². The van der Waals surface area contributed by atoms with Gasteiger partial charge >= 0.3 is 0 Å². The van der Waals surface area contributed by atoms with Crippen molar-refractivity contribution in [3.8, 4) is 24.3 Å². The van der Waals surface area contributed by atoms with Gasteiger partial charge in [-0.25, -0.2) is 0 Å². The van der Waals surface area contributed by atoms with Crippen molar-refractivity contribution in [3.63, 3.8) is 0 Å². The van der Waals surface area contributed by atoms with E-state index in [0.29, 0.717) is 0 Å². The lowest BCUT2D eigenvalue weighted by Gasteiger charge is -2.15. The Morgan fingerprint density at radius 2 is 2.08 bits per heavy atom. The summed E-state index contributed by atoms with van der Waals surface area (Å²) in [5.41, 5.74) is 1.43. The molecular formula is C12H13N. The van der Waals surface area contributed by atoms with E-state index in [1.165, 1.54) is 5.56 Å². The minimum Gasteiger partial charge on any atom is -0.283 e. The zero-order chi connectivity index (χ0) is 9.90. The summed E-state index contributed by atoms with van der Waals surface area (Å²) < 4.78 is 1.79. The monoisotopic (exact) mass is 171 g/mol. The van der Waals surface area contributed by atoms with Crippen molar-refractivity contribution in [2.45, 2.75) is 26.2 Å². The van der Waals surface area contributed by atoms with E-state index in [-0.39, 0.29) is 5.41 Å². The summed E-state index contributed by atoms with van der Waals surface area (Å²) in [4.78, 5) is 0. The zero-order valence-electron chi connectivity index (χ0n) is 8.26. The highest BCUT2D eigenvalue weighted by Crippen LogP contribution is 2.21. The van der Waals surface area contributed by atoms with Crippen molar-refractivity contribution in [1.29, 1.82) is 0 Å². The number of aromatic nitrogens is 1. The molecule has 0 unspecified atom stereocenters. The van der Waals surface area contributed by atoms with Gasteiger partial charge in [-0.05, 0) is 23.0 Å². The minimum absolute atomic E-state index is 0.170. The molecule has 0 aliphatic heterocycles. The molecular weight excluding hydrogens is 158 g/mol. The van der Waals surface area contributed by atoms with Crippen molar-refractivity contribution in [3.05, 3.63) is 24.0 Å². The maximum Gasteiger partial charge on any atom is 0.0305 e. The molecule has 1 nitrogen and oxygen atoms in total. The van der Waals surface area contributed by atoms with Gasteiger partial charge in [0.15, 0.2) is 0 Å². The molecule has 0 amide bonds. The van der Waals surface area contributed by atoms with Crippen LogP contribution >= 0.6 is 0 Å². The SMILES string of the molecule is C#CC#Cn1ccc(C(C)(C)C)c1. The molecule has 66 valence electrons. The van der Waals surface area contributed by atoms with E-state index in [2.05, 4.69) is 44.7 Å². The van der Waals surface area contributed by atoms with Gasteiger partial charge in [0.1, 0.15) is 0 Å². The van der Waals surface area contributed by atoms with Gasteiger partial charge < -0.3 is 0 Å². The quantitative estimate of drug-likeness (QED) is 0.527. The van der Waals surface area contributed by atoms with E-state index in [1.807, 2.05) is 12.4 Å². The summed E-state index contributed by atoms with van der Waals surface area (Å²) in [5.74, 6) is 4.85. The van der Waals surface area contributed by atoms with E-state index in [1.54, 1.807) is 4.57 Å². The van der Waals surface area contributed by atoms with E-state index < -0.39 is 0 Å². The van der Waals surface area contributed by atoms with Crippen molar-refractivity contribution < 1.29 is 0 Å². The van der Waals surface area contributed by atoms with Crippen LogP contribution in [0.1, 0.15) is 26.3 Å². The largest absolute Gasteiger partial charge is 0.283 e. The van der Waals surface area contributed by atoms with E-state index in [4.69, 9.17) is 6.42 Å². The van der Waals surface area contributed by atoms with Gasteiger partial charge in [-0.15, -0.1) is 6.42 Å². The molecule has 0 saturated heterocycles. The number of terminal acetylenes is 1. The highest BCUT2D eigenvalue weighted by Gasteiger charge is 2.13. The Morgan fingerprint density at radius 3 is 2.54 bits per heavy atom. The van der Waals surface area contributed by atoms with Gasteiger partial charge in [0.25, 0.3) is 0 Å². The molecule has 0 atom stereocenters. The van der Waals surface area contributed by atoms with Crippen LogP contribution in [0.4, 0.5) is 0 Å². The average Bonchev–Trinajstić information content (AvgIpc) is 2.47. The first-order chi connectivity index (χ1) is 6.04. The van der Waals surface area contributed by atoms with Crippen molar-refractivity contribution >= 4 is 0 Å². The van der Waals surface area contributed by atoms with Crippen LogP contribution in [0.5, 0.6) is 0 Å². The summed E-state index contributed by atoms with van der Waals surface area (Å²) >= 11 is 0. The van der Waals surface area contributed by atoms with Crippen LogP contribution in [-0.4, -0.2) is 4.57 Å². The van der Waals surface area contributed by atoms with Crippen LogP contribution in [0.15, 0.2) is 18.5 Å². The number of hydrogen-bond acceptors (Lipinski definition) is 0. The van der Waals surface area contributed by atoms with E-state index >= 15 is 0 Å². The van der Waals surface area contributed by atoms with Gasteiger partial charge in [0, 0.05) is 24.4 Å². The first kappa shape index (κ1) is 9.49. The third kappa shape index (κ3) is 2.42. The van der Waals surface area contributed by atoms with Crippen molar-refractivity contribution in [2.75, 3.05) is 0 Å². The van der Waals surface area contributed by atoms with Gasteiger partial charge in [-0.2, -0.15) is 0 Å². The fourth-order valence-corrected chi connectivity index (χ4v) is 1.01. The van der Waals surface area contributed by atoms with Crippen molar-refractivity contribution in [2.24, 2.45) is 0 Å². The summed E-state index contributed by atoms with van der Waals surface area (Å²) in [5, 5.41) is 0. The van der Waals surface area contributed by atoms with Gasteiger partial charge in [-0.3, -0.25) is 4.57 Å². The number of nitrogens with zero attached hydrogens (tertiary/aromatic N) is 1. The maximum atomic E-state index is 5.03. The third-order valence-corrected chi connectivity index (χ3v) is 1.82. The van der Waals surface area contributed by atoms with Gasteiger partial charge in [-0.1, -0.05) is 20.8 Å². The molecule has 0 spiro atoms. The predicted molar refractivity (Wildman–Crippen MR) is 55.1 cm³/mol. The molecule has 1 heteroatoms. The average molecular weight is 171 g/mol. The van der Waals surface area contributed by atoms with Crippen LogP contribution in [0.25, 0.3) is 0 Å². The highest BCUT2D eigenvalue weighted by molar-refractivity contribution is 5.27. The third-order valence-electron chi connectivity index (χ3n) is 1.82. The Morgan fingerprint density at radius 1 is 1.38 bits per heavy atom. The minimum atomic E-state index is 0.170. The molecule has 1 aromatic heterocycles. The molecule has 0 aromatic carbocycles. The molecule has 0 aliphatic carbocycles. The summed E-state index contributed by atoms with van der Waals surface area (Å²) in [6, 6.07) is 4.88. The lowest BCUT2D eigenvalue weighted by molar-refractivity contribution is 0.590.